The minimum absolute atomic E-state index is 0.0189. The third-order valence-corrected chi connectivity index (χ3v) is 7.74. The fourth-order valence-electron chi connectivity index (χ4n) is 4.17. The van der Waals surface area contributed by atoms with Crippen molar-refractivity contribution in [3.8, 4) is 0 Å². The van der Waals surface area contributed by atoms with Crippen LogP contribution in [-0.2, 0) is 16.1 Å². The van der Waals surface area contributed by atoms with Gasteiger partial charge in [0.05, 0.1) is 24.2 Å². The van der Waals surface area contributed by atoms with Crippen LogP contribution >= 0.6 is 11.8 Å². The zero-order valence-electron chi connectivity index (χ0n) is 19.5. The highest BCUT2D eigenvalue weighted by Gasteiger charge is 2.39. The minimum Gasteiger partial charge on any atom is -0.349 e. The van der Waals surface area contributed by atoms with Crippen LogP contribution in [0.4, 0.5) is 5.69 Å². The van der Waals surface area contributed by atoms with Gasteiger partial charge in [0.15, 0.2) is 0 Å². The van der Waals surface area contributed by atoms with E-state index in [2.05, 4.69) is 37.4 Å². The zero-order chi connectivity index (χ0) is 23.5. The number of rotatable bonds is 6. The van der Waals surface area contributed by atoms with Gasteiger partial charge >= 0.3 is 0 Å². The van der Waals surface area contributed by atoms with Crippen molar-refractivity contribution in [3.05, 3.63) is 95.1 Å². The van der Waals surface area contributed by atoms with E-state index in [-0.39, 0.29) is 17.9 Å². The number of nitrogens with zero attached hydrogens (tertiary/aromatic N) is 1. The Morgan fingerprint density at radius 3 is 2.45 bits per heavy atom. The number of benzene rings is 3. The molecule has 1 aliphatic heterocycles. The van der Waals surface area contributed by atoms with Gasteiger partial charge in [0.25, 0.3) is 0 Å². The van der Waals surface area contributed by atoms with Gasteiger partial charge in [-0.2, -0.15) is 0 Å². The first kappa shape index (κ1) is 23.1. The van der Waals surface area contributed by atoms with Gasteiger partial charge < -0.3 is 10.2 Å². The number of aryl methyl sites for hydroxylation is 2. The summed E-state index contributed by atoms with van der Waals surface area (Å²) in [5.41, 5.74) is 5.40. The van der Waals surface area contributed by atoms with Crippen molar-refractivity contribution >= 4 is 29.3 Å². The zero-order valence-corrected chi connectivity index (χ0v) is 20.4. The topological polar surface area (TPSA) is 49.4 Å². The van der Waals surface area contributed by atoms with Crippen molar-refractivity contribution < 1.29 is 9.59 Å². The summed E-state index contributed by atoms with van der Waals surface area (Å²) in [6.45, 7) is 8.45. The van der Waals surface area contributed by atoms with E-state index in [9.17, 15) is 9.59 Å². The fourth-order valence-corrected chi connectivity index (χ4v) is 5.45. The molecular formula is C28H30N2O2S. The van der Waals surface area contributed by atoms with E-state index in [0.717, 1.165) is 27.3 Å². The Morgan fingerprint density at radius 1 is 1.00 bits per heavy atom. The number of nitrogens with one attached hydrogen (secondary N) is 1. The predicted octanol–water partition coefficient (Wildman–Crippen LogP) is 5.82. The van der Waals surface area contributed by atoms with Gasteiger partial charge in [0.1, 0.15) is 5.25 Å². The molecule has 0 radical (unpaired) electrons. The summed E-state index contributed by atoms with van der Waals surface area (Å²) in [6, 6.07) is 24.0. The average Bonchev–Trinajstić information content (AvgIpc) is 2.82. The number of anilines is 1. The lowest BCUT2D eigenvalue weighted by atomic mass is 10.0. The van der Waals surface area contributed by atoms with E-state index in [1.165, 1.54) is 17.3 Å². The monoisotopic (exact) mass is 458 g/mol. The molecule has 1 heterocycles. The largest absolute Gasteiger partial charge is 0.349 e. The fraction of sp³-hybridized carbons (Fsp3) is 0.286. The first-order chi connectivity index (χ1) is 15.8. The van der Waals surface area contributed by atoms with Gasteiger partial charge in [-0.15, -0.1) is 11.8 Å². The smallest absolute Gasteiger partial charge is 0.241 e. The maximum Gasteiger partial charge on any atom is 0.241 e. The van der Waals surface area contributed by atoms with Crippen LogP contribution < -0.4 is 10.2 Å². The van der Waals surface area contributed by atoms with Crippen LogP contribution in [0.2, 0.25) is 0 Å². The molecule has 1 N–H and O–H groups in total. The Kier molecular flexibility index (Phi) is 6.89. The van der Waals surface area contributed by atoms with E-state index in [1.807, 2.05) is 73.3 Å². The first-order valence-electron chi connectivity index (χ1n) is 11.3. The van der Waals surface area contributed by atoms with Gasteiger partial charge in [-0.25, -0.2) is 0 Å². The minimum atomic E-state index is -0.479. The van der Waals surface area contributed by atoms with Gasteiger partial charge in [0, 0.05) is 4.90 Å². The molecule has 1 aliphatic rings. The quantitative estimate of drug-likeness (QED) is 0.506. The number of hydrogen-bond acceptors (Lipinski definition) is 3. The SMILES string of the molecule is Cc1ccc(C)c(CN2C(=O)[C@H]([C@@H](C)C(=O)N[C@@H](C)c3ccccc3)Sc3ccccc32)c1. The maximum atomic E-state index is 13.7. The van der Waals surface area contributed by atoms with Gasteiger partial charge in [-0.05, 0) is 49.6 Å². The lowest BCUT2D eigenvalue weighted by molar-refractivity contribution is -0.128. The van der Waals surface area contributed by atoms with Crippen molar-refractivity contribution in [2.24, 2.45) is 5.92 Å². The van der Waals surface area contributed by atoms with Crippen LogP contribution in [0, 0.1) is 19.8 Å². The van der Waals surface area contributed by atoms with Crippen LogP contribution in [-0.4, -0.2) is 17.1 Å². The summed E-state index contributed by atoms with van der Waals surface area (Å²) in [5.74, 6) is -0.596. The van der Waals surface area contributed by atoms with Crippen molar-refractivity contribution in [1.82, 2.24) is 5.32 Å². The van der Waals surface area contributed by atoms with Crippen LogP contribution in [0.25, 0.3) is 0 Å². The van der Waals surface area contributed by atoms with Crippen molar-refractivity contribution in [3.63, 3.8) is 0 Å². The summed E-state index contributed by atoms with van der Waals surface area (Å²) in [4.78, 5) is 29.7. The third kappa shape index (κ3) is 4.98. The number of thioether (sulfide) groups is 1. The van der Waals surface area contributed by atoms with E-state index >= 15 is 0 Å². The normalized spacial score (nSPS) is 17.3. The molecule has 0 saturated heterocycles. The van der Waals surface area contributed by atoms with Crippen molar-refractivity contribution in [1.29, 1.82) is 0 Å². The lowest BCUT2D eigenvalue weighted by Crippen LogP contribution is -2.47. The molecule has 170 valence electrons. The highest BCUT2D eigenvalue weighted by atomic mass is 32.2. The number of hydrogen-bond donors (Lipinski definition) is 1. The second-order valence-corrected chi connectivity index (χ2v) is 9.97. The number of amides is 2. The van der Waals surface area contributed by atoms with Gasteiger partial charge in [-0.3, -0.25) is 9.59 Å². The van der Waals surface area contributed by atoms with E-state index < -0.39 is 11.2 Å². The molecule has 4 nitrogen and oxygen atoms in total. The second kappa shape index (κ2) is 9.84. The second-order valence-electron chi connectivity index (χ2n) is 8.79. The molecule has 0 aliphatic carbocycles. The lowest BCUT2D eigenvalue weighted by Gasteiger charge is -2.36. The third-order valence-electron chi connectivity index (χ3n) is 6.28. The summed E-state index contributed by atoms with van der Waals surface area (Å²) >= 11 is 1.49. The summed E-state index contributed by atoms with van der Waals surface area (Å²) in [6.07, 6.45) is 0. The van der Waals surface area contributed by atoms with Crippen molar-refractivity contribution in [2.45, 2.75) is 50.4 Å². The molecule has 2 amide bonds. The molecule has 4 rings (SSSR count). The summed E-state index contributed by atoms with van der Waals surface area (Å²) in [5, 5.41) is 2.62. The molecule has 5 heteroatoms. The van der Waals surface area contributed by atoms with E-state index in [0.29, 0.717) is 6.54 Å². The predicted molar refractivity (Wildman–Crippen MR) is 135 cm³/mol. The molecule has 3 atom stereocenters. The van der Waals surface area contributed by atoms with Crippen molar-refractivity contribution in [2.75, 3.05) is 4.90 Å². The Balaban J connectivity index is 1.58. The standard InChI is InChI=1S/C28H30N2O2S/c1-18-14-15-19(2)23(16-18)17-30-24-12-8-9-13-25(24)33-26(28(30)32)20(3)27(31)29-21(4)22-10-6-5-7-11-22/h5-16,20-21,26H,17H2,1-4H3,(H,29,31)/t20-,21+,26+/m1/s1. The molecule has 0 unspecified atom stereocenters. The first-order valence-corrected chi connectivity index (χ1v) is 12.2. The molecular weight excluding hydrogens is 428 g/mol. The average molecular weight is 459 g/mol. The Labute approximate surface area is 200 Å². The number of carbonyl (C=O) groups excluding carboxylic acids is 2. The molecule has 0 spiro atoms. The molecule has 3 aromatic carbocycles. The highest BCUT2D eigenvalue weighted by molar-refractivity contribution is 8.01. The van der Waals surface area contributed by atoms with Crippen LogP contribution in [0.3, 0.4) is 0 Å². The van der Waals surface area contributed by atoms with Crippen LogP contribution in [0.1, 0.15) is 42.1 Å². The molecule has 0 aromatic heterocycles. The summed E-state index contributed by atoms with van der Waals surface area (Å²) < 4.78 is 0. The molecule has 33 heavy (non-hydrogen) atoms. The van der Waals surface area contributed by atoms with Gasteiger partial charge in [0.2, 0.25) is 11.8 Å². The Hall–Kier alpha value is -3.05. The number of carbonyl (C=O) groups is 2. The van der Waals surface area contributed by atoms with Crippen LogP contribution in [0.15, 0.2) is 77.7 Å². The van der Waals surface area contributed by atoms with E-state index in [4.69, 9.17) is 0 Å². The molecule has 0 bridgehead atoms. The summed E-state index contributed by atoms with van der Waals surface area (Å²) in [7, 11) is 0. The number of fused-ring (bicyclic) bond motifs is 1. The Morgan fingerprint density at radius 2 is 1.70 bits per heavy atom. The maximum absolute atomic E-state index is 13.7. The van der Waals surface area contributed by atoms with Crippen LogP contribution in [0.5, 0.6) is 0 Å². The van der Waals surface area contributed by atoms with E-state index in [1.54, 1.807) is 0 Å². The van der Waals surface area contributed by atoms with Gasteiger partial charge in [-0.1, -0.05) is 73.2 Å². The molecule has 0 saturated carbocycles. The number of para-hydroxylation sites is 1. The Bertz CT molecular complexity index is 1160. The molecule has 0 fully saturated rings. The molecule has 3 aromatic rings. The highest BCUT2D eigenvalue weighted by Crippen LogP contribution is 2.42.